The number of benzene rings is 2. The summed E-state index contributed by atoms with van der Waals surface area (Å²) in [5.74, 6) is -3.03. The number of pyridine rings is 1. The van der Waals surface area contributed by atoms with Crippen molar-refractivity contribution in [1.29, 1.82) is 0 Å². The predicted octanol–water partition coefficient (Wildman–Crippen LogP) is 3.01. The fraction of sp³-hybridized carbons (Fsp3) is 0.500. The van der Waals surface area contributed by atoms with Crippen LogP contribution in [0.4, 0.5) is 5.69 Å². The first-order chi connectivity index (χ1) is 37.4. The van der Waals surface area contributed by atoms with Gasteiger partial charge >= 0.3 is 17.9 Å². The first-order valence-electron chi connectivity index (χ1n) is 25.4. The van der Waals surface area contributed by atoms with Crippen LogP contribution in [0.1, 0.15) is 36.3 Å². The lowest BCUT2D eigenvalue weighted by molar-refractivity contribution is -0.140. The number of hydrogen-bond donors (Lipinski definition) is 5. The van der Waals surface area contributed by atoms with Crippen molar-refractivity contribution in [3.05, 3.63) is 70.1 Å². The number of amides is 3. The third kappa shape index (κ3) is 16.5. The Morgan fingerprint density at radius 1 is 0.705 bits per heavy atom. The Hall–Kier alpha value is -6.48. The standard InChI is InChI=1S/C52H66Cl2N10O14/c1-52(2)33-77-17-14-63(52)51(73)49-41-32-78-43-25-42(74-3)39(24-40(43)50(41)64(58-49)38-22-35(53)21-36(54)23-38)34-20-37(27-55-26-34)57-44(65)4-15-75-18-19-76-16-5-56-45(66)28-59-6-8-60(29-46(67)68)10-12-62(31-48(71)72)13-11-61(9-7-59)30-47(69)70/h20-27H,4-19,28-33H2,1-3H3,(H,56,66)(H,57,65)(H,67,68)(H,69,70)(H,71,72). The molecule has 3 amide bonds. The minimum absolute atomic E-state index is 0.0218. The van der Waals surface area contributed by atoms with Gasteiger partial charge in [-0.05, 0) is 44.2 Å². The van der Waals surface area contributed by atoms with Crippen molar-refractivity contribution in [1.82, 2.24) is 44.6 Å². The highest BCUT2D eigenvalue weighted by atomic mass is 35.5. The molecule has 0 saturated carbocycles. The SMILES string of the molecule is COc1cc2c(cc1-c1cncc(NC(=O)CCOCCOCCNC(=O)CN3CCN(CC(=O)O)CCN(CC(=O)O)CCN(CC(=O)O)CC3)c1)-c1c(c(C(=O)N3CCOCC3(C)C)nn1-c1cc(Cl)cc(Cl)c1)CO2. The van der Waals surface area contributed by atoms with Gasteiger partial charge in [0.05, 0.1) is 108 Å². The Morgan fingerprint density at radius 2 is 1.29 bits per heavy atom. The number of rotatable bonds is 22. The zero-order valence-corrected chi connectivity index (χ0v) is 45.4. The molecule has 26 heteroatoms. The number of methoxy groups -OCH3 is 1. The maximum Gasteiger partial charge on any atom is 0.317 e. The molecule has 2 aromatic heterocycles. The van der Waals surface area contributed by atoms with Crippen molar-refractivity contribution in [2.75, 3.05) is 144 Å². The van der Waals surface area contributed by atoms with Crippen LogP contribution >= 0.6 is 23.2 Å². The quantitative estimate of drug-likeness (QED) is 0.0707. The van der Waals surface area contributed by atoms with Gasteiger partial charge in [-0.3, -0.25) is 53.4 Å². The van der Waals surface area contributed by atoms with Gasteiger partial charge in [0.2, 0.25) is 11.8 Å². The van der Waals surface area contributed by atoms with Crippen LogP contribution in [0.15, 0.2) is 48.8 Å². The van der Waals surface area contributed by atoms with E-state index >= 15 is 0 Å². The molecule has 4 aromatic rings. The molecule has 5 N–H and O–H groups in total. The highest BCUT2D eigenvalue weighted by molar-refractivity contribution is 6.34. The van der Waals surface area contributed by atoms with E-state index in [0.29, 0.717) is 107 Å². The maximum absolute atomic E-state index is 14.4. The molecule has 7 rings (SSSR count). The summed E-state index contributed by atoms with van der Waals surface area (Å²) in [6.07, 6.45) is 3.20. The minimum atomic E-state index is -1.04. The Labute approximate surface area is 461 Å². The number of halogens is 2. The van der Waals surface area contributed by atoms with E-state index in [1.54, 1.807) is 60.8 Å². The van der Waals surface area contributed by atoms with Gasteiger partial charge in [0.1, 0.15) is 18.1 Å². The van der Waals surface area contributed by atoms with Crippen molar-refractivity contribution < 1.29 is 67.8 Å². The number of morpholine rings is 1. The molecule has 2 saturated heterocycles. The zero-order chi connectivity index (χ0) is 55.9. The number of hydrogen-bond acceptors (Lipinski definition) is 17. The van der Waals surface area contributed by atoms with E-state index in [1.807, 2.05) is 24.8 Å². The van der Waals surface area contributed by atoms with Crippen molar-refractivity contribution in [3.63, 3.8) is 0 Å². The van der Waals surface area contributed by atoms with Crippen LogP contribution in [0.5, 0.6) is 11.5 Å². The highest BCUT2D eigenvalue weighted by Crippen LogP contribution is 2.47. The lowest BCUT2D eigenvalue weighted by Gasteiger charge is -2.41. The van der Waals surface area contributed by atoms with Gasteiger partial charge in [0.25, 0.3) is 5.91 Å². The summed E-state index contributed by atoms with van der Waals surface area (Å²) in [6.45, 7) is 7.45. The van der Waals surface area contributed by atoms with Crippen LogP contribution in [-0.4, -0.2) is 234 Å². The number of aliphatic carboxylic acids is 3. The predicted molar refractivity (Wildman–Crippen MR) is 286 cm³/mol. The van der Waals surface area contributed by atoms with Gasteiger partial charge in [0, 0.05) is 110 Å². The van der Waals surface area contributed by atoms with Crippen molar-refractivity contribution in [2.45, 2.75) is 32.4 Å². The molecule has 3 aliphatic rings. The molecule has 0 spiro atoms. The molecule has 5 heterocycles. The van der Waals surface area contributed by atoms with Crippen molar-refractivity contribution >= 4 is 64.5 Å². The Balaban J connectivity index is 0.900. The third-order valence-corrected chi connectivity index (χ3v) is 13.7. The number of anilines is 1. The molecule has 2 fully saturated rings. The molecule has 2 aromatic carbocycles. The number of carbonyl (C=O) groups is 6. The second kappa shape index (κ2) is 27.9. The summed E-state index contributed by atoms with van der Waals surface area (Å²) >= 11 is 13.0. The number of nitrogens with one attached hydrogen (secondary N) is 2. The van der Waals surface area contributed by atoms with E-state index in [-0.39, 0.29) is 122 Å². The monoisotopic (exact) mass is 1120 g/mol. The maximum atomic E-state index is 14.4. The van der Waals surface area contributed by atoms with Gasteiger partial charge in [-0.1, -0.05) is 23.2 Å². The van der Waals surface area contributed by atoms with E-state index < -0.39 is 23.4 Å². The van der Waals surface area contributed by atoms with E-state index in [4.69, 9.17) is 52.0 Å². The Kier molecular flexibility index (Phi) is 21.2. The number of aromatic nitrogens is 3. The average molecular weight is 1130 g/mol. The van der Waals surface area contributed by atoms with Gasteiger partial charge in [-0.25, -0.2) is 4.68 Å². The summed E-state index contributed by atoms with van der Waals surface area (Å²) in [6, 6.07) is 10.4. The smallest absolute Gasteiger partial charge is 0.317 e. The van der Waals surface area contributed by atoms with Crippen molar-refractivity contribution in [2.24, 2.45) is 0 Å². The van der Waals surface area contributed by atoms with Crippen LogP contribution in [0.3, 0.4) is 0 Å². The molecular formula is C52H66Cl2N10O14. The van der Waals surface area contributed by atoms with Gasteiger partial charge in [0.15, 0.2) is 5.69 Å². The zero-order valence-electron chi connectivity index (χ0n) is 43.8. The van der Waals surface area contributed by atoms with Crippen LogP contribution < -0.4 is 20.1 Å². The molecule has 78 heavy (non-hydrogen) atoms. The lowest BCUT2D eigenvalue weighted by atomic mass is 9.95. The van der Waals surface area contributed by atoms with Crippen LogP contribution in [0.2, 0.25) is 10.0 Å². The first-order valence-corrected chi connectivity index (χ1v) is 26.2. The molecular weight excluding hydrogens is 1060 g/mol. The second-order valence-electron chi connectivity index (χ2n) is 19.5. The van der Waals surface area contributed by atoms with Gasteiger partial charge < -0.3 is 54.5 Å². The fourth-order valence-electron chi connectivity index (χ4n) is 9.33. The summed E-state index contributed by atoms with van der Waals surface area (Å²) in [5, 5.41) is 39.7. The Bertz CT molecular complexity index is 2750. The molecule has 3 aliphatic heterocycles. The molecule has 0 unspecified atom stereocenters. The van der Waals surface area contributed by atoms with E-state index in [0.717, 1.165) is 0 Å². The average Bonchev–Trinajstić information content (AvgIpc) is 3.84. The van der Waals surface area contributed by atoms with Crippen LogP contribution in [0.25, 0.3) is 28.1 Å². The number of nitrogens with zero attached hydrogens (tertiary/aromatic N) is 8. The van der Waals surface area contributed by atoms with E-state index in [1.165, 1.54) is 13.3 Å². The van der Waals surface area contributed by atoms with Gasteiger partial charge in [-0.2, -0.15) is 5.10 Å². The van der Waals surface area contributed by atoms with Crippen LogP contribution in [-0.2, 0) is 44.8 Å². The Morgan fingerprint density at radius 3 is 1.87 bits per heavy atom. The number of carboxylic acid groups (broad SMARTS) is 3. The topological polar surface area (TPSA) is 280 Å². The highest BCUT2D eigenvalue weighted by Gasteiger charge is 2.39. The number of carboxylic acids is 3. The van der Waals surface area contributed by atoms with E-state index in [2.05, 4.69) is 15.6 Å². The molecule has 0 radical (unpaired) electrons. The number of ether oxygens (including phenoxy) is 5. The van der Waals surface area contributed by atoms with E-state index in [9.17, 15) is 44.1 Å². The number of carbonyl (C=O) groups excluding carboxylic acids is 3. The van der Waals surface area contributed by atoms with Gasteiger partial charge in [-0.15, -0.1) is 0 Å². The number of fused-ring (bicyclic) bond motifs is 3. The molecule has 0 aliphatic carbocycles. The largest absolute Gasteiger partial charge is 0.496 e. The lowest BCUT2D eigenvalue weighted by Crippen LogP contribution is -2.55. The third-order valence-electron chi connectivity index (χ3n) is 13.2. The molecule has 0 atom stereocenters. The summed E-state index contributed by atoms with van der Waals surface area (Å²) < 4.78 is 30.8. The summed E-state index contributed by atoms with van der Waals surface area (Å²) in [7, 11) is 1.54. The minimum Gasteiger partial charge on any atom is -0.496 e. The second-order valence-corrected chi connectivity index (χ2v) is 20.4. The normalized spacial score (nSPS) is 16.7. The molecule has 0 bridgehead atoms. The first kappa shape index (κ1) is 59.2. The summed E-state index contributed by atoms with van der Waals surface area (Å²) in [4.78, 5) is 88.2. The fourth-order valence-corrected chi connectivity index (χ4v) is 9.84. The molecule has 422 valence electrons. The molecule has 24 nitrogen and oxygen atoms in total. The van der Waals surface area contributed by atoms with Crippen LogP contribution in [0, 0.1) is 0 Å². The van der Waals surface area contributed by atoms with Crippen molar-refractivity contribution in [3.8, 4) is 39.6 Å². The summed E-state index contributed by atoms with van der Waals surface area (Å²) in [5.41, 5.74) is 3.63.